The lowest BCUT2D eigenvalue weighted by Gasteiger charge is -2.25. The third kappa shape index (κ3) is 3.38. The summed E-state index contributed by atoms with van der Waals surface area (Å²) in [6, 6.07) is 13.6. The zero-order chi connectivity index (χ0) is 20.6. The van der Waals surface area contributed by atoms with Gasteiger partial charge in [-0.2, -0.15) is 0 Å². The summed E-state index contributed by atoms with van der Waals surface area (Å²) in [7, 11) is -0.621. The van der Waals surface area contributed by atoms with Crippen LogP contribution in [0.3, 0.4) is 0 Å². The number of nitrogens with one attached hydrogen (secondary N) is 1. The van der Waals surface area contributed by atoms with Gasteiger partial charge >= 0.3 is 0 Å². The van der Waals surface area contributed by atoms with E-state index in [1.807, 2.05) is 6.07 Å². The molecule has 1 amide bonds. The number of hydrogen-bond acceptors (Lipinski definition) is 6. The third-order valence-corrected chi connectivity index (χ3v) is 7.95. The third-order valence-electron chi connectivity index (χ3n) is 4.92. The first-order valence-electron chi connectivity index (χ1n) is 8.89. The molecule has 1 N–H and O–H groups in total. The van der Waals surface area contributed by atoms with Crippen molar-refractivity contribution in [2.75, 3.05) is 19.5 Å². The minimum Gasteiger partial charge on any atom is -0.497 e. The van der Waals surface area contributed by atoms with Gasteiger partial charge < -0.3 is 14.8 Å². The van der Waals surface area contributed by atoms with Gasteiger partial charge in [0.05, 0.1) is 24.8 Å². The highest BCUT2D eigenvalue weighted by Gasteiger charge is 2.35. The Kier molecular flexibility index (Phi) is 5.06. The first kappa shape index (κ1) is 19.5. The Morgan fingerprint density at radius 1 is 1.07 bits per heavy atom. The summed E-state index contributed by atoms with van der Waals surface area (Å²) >= 11 is 1.33. The smallest absolute Gasteiger partial charge is 0.225 e. The van der Waals surface area contributed by atoms with Crippen LogP contribution < -0.4 is 14.8 Å². The van der Waals surface area contributed by atoms with Crippen molar-refractivity contribution in [3.05, 3.63) is 64.4 Å². The van der Waals surface area contributed by atoms with Crippen LogP contribution in [0.15, 0.2) is 63.7 Å². The van der Waals surface area contributed by atoms with E-state index in [2.05, 4.69) is 5.32 Å². The molecule has 2 heterocycles. The Labute approximate surface area is 173 Å². The Morgan fingerprint density at radius 2 is 1.83 bits per heavy atom. The second kappa shape index (κ2) is 7.53. The van der Waals surface area contributed by atoms with Crippen molar-refractivity contribution >= 4 is 32.8 Å². The van der Waals surface area contributed by atoms with Crippen molar-refractivity contribution < 1.29 is 22.7 Å². The van der Waals surface area contributed by atoms with Gasteiger partial charge in [-0.05, 0) is 18.2 Å². The summed E-state index contributed by atoms with van der Waals surface area (Å²) < 4.78 is 37.0. The number of thiophene rings is 1. The van der Waals surface area contributed by atoms with E-state index in [9.17, 15) is 13.2 Å². The van der Waals surface area contributed by atoms with Crippen LogP contribution in [-0.2, 0) is 14.6 Å². The van der Waals surface area contributed by atoms with Gasteiger partial charge in [-0.25, -0.2) is 8.42 Å². The minimum absolute atomic E-state index is 0.120. The van der Waals surface area contributed by atoms with Crippen LogP contribution in [0.2, 0.25) is 0 Å². The van der Waals surface area contributed by atoms with Crippen LogP contribution in [0.4, 0.5) is 5.69 Å². The van der Waals surface area contributed by atoms with E-state index in [0.717, 1.165) is 10.4 Å². The quantitative estimate of drug-likeness (QED) is 0.661. The monoisotopic (exact) mass is 429 g/mol. The molecule has 0 saturated heterocycles. The topological polar surface area (TPSA) is 81.7 Å². The fraction of sp³-hybridized carbons (Fsp3) is 0.190. The lowest BCUT2D eigenvalue weighted by atomic mass is 9.90. The largest absolute Gasteiger partial charge is 0.497 e. The highest BCUT2D eigenvalue weighted by Crippen LogP contribution is 2.48. The van der Waals surface area contributed by atoms with Crippen LogP contribution >= 0.6 is 11.3 Å². The average molecular weight is 430 g/mol. The molecule has 29 heavy (non-hydrogen) atoms. The molecule has 0 fully saturated rings. The number of benzene rings is 2. The van der Waals surface area contributed by atoms with Gasteiger partial charge in [0.25, 0.3) is 0 Å². The van der Waals surface area contributed by atoms with E-state index in [1.165, 1.54) is 11.3 Å². The van der Waals surface area contributed by atoms with Crippen LogP contribution in [0.5, 0.6) is 11.5 Å². The van der Waals surface area contributed by atoms with Crippen molar-refractivity contribution in [2.45, 2.75) is 22.1 Å². The highest BCUT2D eigenvalue weighted by molar-refractivity contribution is 7.91. The summed E-state index contributed by atoms with van der Waals surface area (Å²) in [6.07, 6.45) is 0.209. The van der Waals surface area contributed by atoms with E-state index >= 15 is 0 Å². The Bertz CT molecular complexity index is 1170. The SMILES string of the molecule is COc1ccc(C2CC(=O)Nc3c(S(=O)(=O)c4ccccc4)csc32)c(OC)c1. The van der Waals surface area contributed by atoms with Gasteiger partial charge in [0.1, 0.15) is 16.4 Å². The van der Waals surface area contributed by atoms with Crippen molar-refractivity contribution in [3.8, 4) is 11.5 Å². The number of methoxy groups -OCH3 is 2. The van der Waals surface area contributed by atoms with Crippen molar-refractivity contribution in [3.63, 3.8) is 0 Å². The van der Waals surface area contributed by atoms with Crippen molar-refractivity contribution in [2.24, 2.45) is 0 Å². The lowest BCUT2D eigenvalue weighted by Crippen LogP contribution is -2.23. The zero-order valence-corrected chi connectivity index (χ0v) is 17.5. The molecule has 4 rings (SSSR count). The molecule has 0 spiro atoms. The number of carbonyl (C=O) groups excluding carboxylic acids is 1. The maximum atomic E-state index is 13.1. The maximum absolute atomic E-state index is 13.1. The van der Waals surface area contributed by atoms with Crippen LogP contribution in [0.1, 0.15) is 22.8 Å². The normalized spacial score (nSPS) is 16.1. The summed E-state index contributed by atoms with van der Waals surface area (Å²) in [5, 5.41) is 4.37. The Balaban J connectivity index is 1.84. The second-order valence-corrected chi connectivity index (χ2v) is 9.40. The molecular weight excluding hydrogens is 410 g/mol. The molecule has 1 aliphatic rings. The predicted octanol–water partition coefficient (Wildman–Crippen LogP) is 4.07. The predicted molar refractivity (Wildman–Crippen MR) is 111 cm³/mol. The van der Waals surface area contributed by atoms with Gasteiger partial charge in [-0.15, -0.1) is 11.3 Å². The lowest BCUT2D eigenvalue weighted by molar-refractivity contribution is -0.116. The number of hydrogen-bond donors (Lipinski definition) is 1. The molecule has 8 heteroatoms. The Hall–Kier alpha value is -2.84. The summed E-state index contributed by atoms with van der Waals surface area (Å²) in [4.78, 5) is 13.6. The number of ether oxygens (including phenoxy) is 2. The Morgan fingerprint density at radius 3 is 2.52 bits per heavy atom. The molecule has 1 aromatic heterocycles. The molecule has 1 unspecified atom stereocenters. The fourth-order valence-corrected chi connectivity index (χ4v) is 6.41. The number of anilines is 1. The molecule has 0 saturated carbocycles. The molecular formula is C21H19NO5S2. The van der Waals surface area contributed by atoms with Crippen LogP contribution in [0, 0.1) is 0 Å². The number of fused-ring (bicyclic) bond motifs is 1. The standard InChI is InChI=1S/C21H19NO5S2/c1-26-13-8-9-15(17(10-13)27-2)16-11-19(23)22-20-18(12-28-21(16)20)29(24,25)14-6-4-3-5-7-14/h3-10,12,16H,11H2,1-2H3,(H,22,23). The van der Waals surface area contributed by atoms with E-state index < -0.39 is 9.84 Å². The molecule has 150 valence electrons. The van der Waals surface area contributed by atoms with Gasteiger partial charge in [0.15, 0.2) is 0 Å². The summed E-state index contributed by atoms with van der Waals surface area (Å²) in [5.41, 5.74) is 1.17. The fourth-order valence-electron chi connectivity index (χ4n) is 3.49. The minimum atomic E-state index is -3.75. The molecule has 0 radical (unpaired) electrons. The van der Waals surface area contributed by atoms with Gasteiger partial charge in [0, 0.05) is 34.2 Å². The van der Waals surface area contributed by atoms with E-state index in [4.69, 9.17) is 9.47 Å². The average Bonchev–Trinajstić information content (AvgIpc) is 3.18. The first-order valence-corrected chi connectivity index (χ1v) is 11.2. The highest BCUT2D eigenvalue weighted by atomic mass is 32.2. The van der Waals surface area contributed by atoms with E-state index in [0.29, 0.717) is 17.2 Å². The van der Waals surface area contributed by atoms with E-state index in [-0.39, 0.29) is 28.0 Å². The summed E-state index contributed by atoms with van der Waals surface area (Å²) in [6.45, 7) is 0. The number of rotatable bonds is 5. The molecule has 1 atom stereocenters. The molecule has 1 aliphatic heterocycles. The van der Waals surface area contributed by atoms with Crippen LogP contribution in [-0.4, -0.2) is 28.5 Å². The second-order valence-electron chi connectivity index (χ2n) is 6.57. The first-order chi connectivity index (χ1) is 14.0. The maximum Gasteiger partial charge on any atom is 0.225 e. The van der Waals surface area contributed by atoms with E-state index in [1.54, 1.807) is 62.1 Å². The van der Waals surface area contributed by atoms with Crippen molar-refractivity contribution in [1.29, 1.82) is 0 Å². The zero-order valence-electron chi connectivity index (χ0n) is 15.8. The molecule has 3 aromatic rings. The number of sulfone groups is 1. The van der Waals surface area contributed by atoms with Crippen molar-refractivity contribution in [1.82, 2.24) is 0 Å². The molecule has 0 bridgehead atoms. The number of carbonyl (C=O) groups is 1. The molecule has 0 aliphatic carbocycles. The summed E-state index contributed by atoms with van der Waals surface area (Å²) in [5.74, 6) is 0.702. The molecule has 6 nitrogen and oxygen atoms in total. The van der Waals surface area contributed by atoms with Gasteiger partial charge in [-0.3, -0.25) is 4.79 Å². The van der Waals surface area contributed by atoms with Gasteiger partial charge in [0.2, 0.25) is 15.7 Å². The number of amides is 1. The molecule has 2 aromatic carbocycles. The van der Waals surface area contributed by atoms with Gasteiger partial charge in [-0.1, -0.05) is 24.3 Å². The van der Waals surface area contributed by atoms with Crippen LogP contribution in [0.25, 0.3) is 0 Å².